The van der Waals surface area contributed by atoms with Crippen LogP contribution in [0.25, 0.3) is 33.6 Å². The fourth-order valence-corrected chi connectivity index (χ4v) is 6.76. The number of aryl methyl sites for hydroxylation is 2. The Morgan fingerprint density at radius 3 is 2.81 bits per heavy atom. The van der Waals surface area contributed by atoms with Crippen molar-refractivity contribution in [2.24, 2.45) is 18.9 Å². The first kappa shape index (κ1) is 27.9. The van der Waals surface area contributed by atoms with Crippen molar-refractivity contribution in [2.45, 2.75) is 70.2 Å². The second-order valence-electron chi connectivity index (χ2n) is 12.4. The van der Waals surface area contributed by atoms with E-state index in [-0.39, 0.29) is 23.4 Å². The molecule has 3 N–H and O–H groups in total. The number of benzene rings is 1. The van der Waals surface area contributed by atoms with E-state index in [2.05, 4.69) is 20.5 Å². The zero-order chi connectivity index (χ0) is 29.8. The molecule has 226 valence electrons. The van der Waals surface area contributed by atoms with Crippen molar-refractivity contribution in [1.29, 1.82) is 0 Å². The van der Waals surface area contributed by atoms with Gasteiger partial charge in [-0.25, -0.2) is 18.7 Å². The molecular weight excluding hydrogens is 552 g/mol. The molecule has 1 aromatic carbocycles. The molecule has 3 aromatic heterocycles. The van der Waals surface area contributed by atoms with Crippen LogP contribution in [0.2, 0.25) is 0 Å². The zero-order valence-electron chi connectivity index (χ0n) is 24.5. The quantitative estimate of drug-likeness (QED) is 0.325. The van der Waals surface area contributed by atoms with E-state index in [1.54, 1.807) is 0 Å². The molecule has 5 heterocycles. The van der Waals surface area contributed by atoms with Crippen LogP contribution in [0.4, 0.5) is 8.78 Å². The van der Waals surface area contributed by atoms with E-state index in [0.29, 0.717) is 42.3 Å². The van der Waals surface area contributed by atoms with Gasteiger partial charge in [0.2, 0.25) is 5.91 Å². The molecule has 43 heavy (non-hydrogen) atoms. The van der Waals surface area contributed by atoms with Crippen LogP contribution in [0, 0.1) is 17.7 Å². The van der Waals surface area contributed by atoms with Gasteiger partial charge in [-0.15, -0.1) is 0 Å². The predicted molar refractivity (Wildman–Crippen MR) is 160 cm³/mol. The van der Waals surface area contributed by atoms with Crippen LogP contribution in [0.3, 0.4) is 0 Å². The maximum absolute atomic E-state index is 15.3. The number of amides is 2. The van der Waals surface area contributed by atoms with Crippen LogP contribution in [-0.4, -0.2) is 56.2 Å². The van der Waals surface area contributed by atoms with E-state index in [4.69, 9.17) is 9.97 Å². The minimum Gasteiger partial charge on any atom is -0.348 e. The molecule has 2 aliphatic heterocycles. The van der Waals surface area contributed by atoms with Gasteiger partial charge in [-0.2, -0.15) is 0 Å². The van der Waals surface area contributed by atoms with Gasteiger partial charge >= 0.3 is 0 Å². The fraction of sp³-hybridized carbons (Fsp3) is 0.500. The van der Waals surface area contributed by atoms with Crippen LogP contribution in [0.5, 0.6) is 0 Å². The van der Waals surface area contributed by atoms with Crippen LogP contribution in [0.15, 0.2) is 30.3 Å². The molecular formula is C32H37F2N7O2. The lowest BCUT2D eigenvalue weighted by Gasteiger charge is -2.27. The Hall–Kier alpha value is -3.86. The van der Waals surface area contributed by atoms with Crippen molar-refractivity contribution in [3.8, 4) is 11.5 Å². The van der Waals surface area contributed by atoms with E-state index in [1.807, 2.05) is 36.7 Å². The number of nitrogens with one attached hydrogen (secondary N) is 3. The molecule has 0 spiro atoms. The molecule has 5 atom stereocenters. The number of hydrogen-bond donors (Lipinski definition) is 3. The fourth-order valence-electron chi connectivity index (χ4n) is 6.76. The van der Waals surface area contributed by atoms with Crippen LogP contribution in [-0.2, 0) is 18.4 Å². The minimum atomic E-state index is -1.18. The molecule has 3 aliphatic rings. The Morgan fingerprint density at radius 2 is 1.98 bits per heavy atom. The highest BCUT2D eigenvalue weighted by Crippen LogP contribution is 2.43. The lowest BCUT2D eigenvalue weighted by atomic mass is 10.0. The number of hydrogen-bond acceptors (Lipinski definition) is 5. The van der Waals surface area contributed by atoms with Gasteiger partial charge in [-0.05, 0) is 69.3 Å². The van der Waals surface area contributed by atoms with Gasteiger partial charge < -0.3 is 25.1 Å². The number of carbonyl (C=O) groups excluding carboxylic acids is 2. The van der Waals surface area contributed by atoms with E-state index in [0.717, 1.165) is 61.1 Å². The molecule has 2 amide bonds. The summed E-state index contributed by atoms with van der Waals surface area (Å²) < 4.78 is 33.6. The summed E-state index contributed by atoms with van der Waals surface area (Å²) in [6.45, 7) is 3.57. The van der Waals surface area contributed by atoms with Gasteiger partial charge in [0.05, 0.1) is 40.1 Å². The molecule has 0 radical (unpaired) electrons. The smallest absolute Gasteiger partial charge is 0.254 e. The summed E-state index contributed by atoms with van der Waals surface area (Å²) in [5.41, 5.74) is 3.34. The molecule has 1 saturated heterocycles. The highest BCUT2D eigenvalue weighted by atomic mass is 19.1. The molecule has 7 rings (SSSR count). The maximum atomic E-state index is 15.3. The molecule has 1 saturated carbocycles. The number of rotatable bonds is 3. The number of carbonyl (C=O) groups is 2. The third kappa shape index (κ3) is 5.17. The SMILES string of the molecule is C[C@H]1NC(=O)[C@@H]2C[C@H]2CCCCCn2c(-c3nc4cc(C(=O)N[C@H]5CNCC[C@@H]5F)c(F)cc4n3C)cc3ccc1nc32. The lowest BCUT2D eigenvalue weighted by molar-refractivity contribution is -0.123. The number of halogens is 2. The van der Waals surface area contributed by atoms with Crippen LogP contribution >= 0.6 is 0 Å². The molecule has 0 unspecified atom stereocenters. The second-order valence-corrected chi connectivity index (χ2v) is 12.4. The van der Waals surface area contributed by atoms with Gasteiger partial charge in [-0.3, -0.25) is 9.59 Å². The van der Waals surface area contributed by atoms with E-state index in [9.17, 15) is 14.0 Å². The number of fused-ring (bicyclic) bond motifs is 3. The van der Waals surface area contributed by atoms with Crippen LogP contribution < -0.4 is 16.0 Å². The van der Waals surface area contributed by atoms with E-state index >= 15 is 4.39 Å². The topological polar surface area (TPSA) is 106 Å². The lowest BCUT2D eigenvalue weighted by Crippen LogP contribution is -2.52. The van der Waals surface area contributed by atoms with Gasteiger partial charge in [0.25, 0.3) is 5.91 Å². The Bertz CT molecular complexity index is 1730. The number of imidazole rings is 1. The first-order valence-corrected chi connectivity index (χ1v) is 15.4. The molecule has 2 bridgehead atoms. The Balaban J connectivity index is 1.25. The average molecular weight is 590 g/mol. The van der Waals surface area contributed by atoms with Crippen molar-refractivity contribution >= 4 is 33.9 Å². The largest absolute Gasteiger partial charge is 0.348 e. The van der Waals surface area contributed by atoms with Crippen molar-refractivity contribution in [2.75, 3.05) is 13.1 Å². The van der Waals surface area contributed by atoms with Crippen LogP contribution in [0.1, 0.15) is 67.5 Å². The number of nitrogens with zero attached hydrogens (tertiary/aromatic N) is 4. The van der Waals surface area contributed by atoms with Crippen molar-refractivity contribution in [1.82, 2.24) is 35.1 Å². The zero-order valence-corrected chi connectivity index (χ0v) is 24.5. The van der Waals surface area contributed by atoms with Gasteiger partial charge in [-0.1, -0.05) is 12.8 Å². The summed E-state index contributed by atoms with van der Waals surface area (Å²) in [5.74, 6) is 0.0287. The number of piperidine rings is 1. The van der Waals surface area contributed by atoms with Crippen molar-refractivity contribution < 1.29 is 18.4 Å². The standard InChI is InChI=1S/C32H37F2N7O2/c1-17-24-8-7-19-13-28(41(29(19)37-24)11-5-3-4-6-18-12-20(18)31(42)36-17)30-38-25-14-21(23(34)15-27(25)40(30)2)32(43)39-26-16-35-10-9-22(26)33/h7-8,13-15,17-18,20,22,26,35H,3-6,9-12,16H2,1-2H3,(H,36,42)(H,39,43)/t17-,18-,20-,22+,26+/m1/s1. The Kier molecular flexibility index (Phi) is 7.15. The molecule has 11 heteroatoms. The third-order valence-electron chi connectivity index (χ3n) is 9.44. The van der Waals surface area contributed by atoms with E-state index in [1.165, 1.54) is 12.1 Å². The first-order valence-electron chi connectivity index (χ1n) is 15.4. The summed E-state index contributed by atoms with van der Waals surface area (Å²) in [6, 6.07) is 7.87. The second kappa shape index (κ2) is 11.0. The highest BCUT2D eigenvalue weighted by Gasteiger charge is 2.42. The molecule has 9 nitrogen and oxygen atoms in total. The summed E-state index contributed by atoms with van der Waals surface area (Å²) in [4.78, 5) is 35.7. The first-order chi connectivity index (χ1) is 20.8. The summed E-state index contributed by atoms with van der Waals surface area (Å²) >= 11 is 0. The monoisotopic (exact) mass is 589 g/mol. The third-order valence-corrected chi connectivity index (χ3v) is 9.44. The summed E-state index contributed by atoms with van der Waals surface area (Å²) in [5, 5.41) is 9.83. The Labute approximate surface area is 248 Å². The Morgan fingerprint density at radius 1 is 1.12 bits per heavy atom. The summed E-state index contributed by atoms with van der Waals surface area (Å²) in [6.07, 6.45) is 4.24. The molecule has 2 fully saturated rings. The van der Waals surface area contributed by atoms with Gasteiger partial charge in [0, 0.05) is 37.5 Å². The number of aromatic nitrogens is 4. The normalized spacial score (nSPS) is 26.2. The van der Waals surface area contributed by atoms with Gasteiger partial charge in [0.15, 0.2) is 5.82 Å². The maximum Gasteiger partial charge on any atom is 0.254 e. The predicted octanol–water partition coefficient (Wildman–Crippen LogP) is 4.55. The highest BCUT2D eigenvalue weighted by molar-refractivity contribution is 5.98. The summed E-state index contributed by atoms with van der Waals surface area (Å²) in [7, 11) is 1.84. The van der Waals surface area contributed by atoms with E-state index < -0.39 is 23.9 Å². The number of pyridine rings is 1. The van der Waals surface area contributed by atoms with Gasteiger partial charge in [0.1, 0.15) is 17.6 Å². The molecule has 4 aromatic rings. The van der Waals surface area contributed by atoms with Crippen molar-refractivity contribution in [3.63, 3.8) is 0 Å². The molecule has 1 aliphatic carbocycles. The van der Waals surface area contributed by atoms with Crippen molar-refractivity contribution in [3.05, 3.63) is 47.4 Å². The minimum absolute atomic E-state index is 0.118. The number of alkyl halides is 1. The average Bonchev–Trinajstić information content (AvgIpc) is 3.59.